The van der Waals surface area contributed by atoms with Gasteiger partial charge in [-0.2, -0.15) is 13.2 Å². The van der Waals surface area contributed by atoms with E-state index < -0.39 is 17.6 Å². The van der Waals surface area contributed by atoms with Crippen LogP contribution in [0.2, 0.25) is 0 Å². The third kappa shape index (κ3) is 6.94. The van der Waals surface area contributed by atoms with E-state index in [0.717, 1.165) is 46.2 Å². The Morgan fingerprint density at radius 1 is 0.911 bits per heavy atom. The molecule has 4 aromatic rings. The molecule has 0 unspecified atom stereocenters. The standard InChI is InChI=1S/C42H45F3N6O5/c1-47(2)35-15-13-33(31-10-6-7-11-32(31)35)36-23-30-25-49(27-41(30)39(53)50(40(54)51(36)41)17-16-48-18-20-55-21-19-48)24-29-12-14-34(46-38(52)42(43,44)45)37(22-29)56-26-28-8-4-3-5-9-28/h3-15,22,30,36H,16-21,23-27H2,1-2H3,(H,46,52)/t30-,36-,41+/m1/s1. The lowest BCUT2D eigenvalue weighted by atomic mass is 9.87. The smallest absolute Gasteiger partial charge is 0.471 e. The monoisotopic (exact) mass is 770 g/mol. The Hall–Kier alpha value is -5.18. The lowest BCUT2D eigenvalue weighted by molar-refractivity contribution is -0.167. The highest BCUT2D eigenvalue weighted by atomic mass is 19.4. The van der Waals surface area contributed by atoms with Crippen LogP contribution in [0.25, 0.3) is 10.8 Å². The van der Waals surface area contributed by atoms with Crippen LogP contribution in [-0.2, 0) is 27.5 Å². The number of amides is 4. The molecule has 0 radical (unpaired) electrons. The topological polar surface area (TPSA) is 97.9 Å². The first-order chi connectivity index (χ1) is 26.9. The van der Waals surface area contributed by atoms with Crippen LogP contribution in [-0.4, -0.2) is 116 Å². The Bertz CT molecular complexity index is 2130. The first-order valence-corrected chi connectivity index (χ1v) is 19.0. The van der Waals surface area contributed by atoms with Crippen molar-refractivity contribution in [2.45, 2.75) is 37.3 Å². The molecule has 56 heavy (non-hydrogen) atoms. The summed E-state index contributed by atoms with van der Waals surface area (Å²) in [5.74, 6) is -2.35. The van der Waals surface area contributed by atoms with Crippen LogP contribution in [0.5, 0.6) is 5.75 Å². The van der Waals surface area contributed by atoms with E-state index in [-0.39, 0.29) is 48.5 Å². The van der Waals surface area contributed by atoms with Gasteiger partial charge in [0.05, 0.1) is 24.9 Å². The molecular weight excluding hydrogens is 725 g/mol. The third-order valence-corrected chi connectivity index (χ3v) is 11.6. The molecule has 8 rings (SSSR count). The van der Waals surface area contributed by atoms with Crippen molar-refractivity contribution in [3.8, 4) is 5.75 Å². The summed E-state index contributed by atoms with van der Waals surface area (Å²) in [6.45, 7) is 4.80. The molecule has 1 spiro atoms. The van der Waals surface area contributed by atoms with Crippen LogP contribution in [0.15, 0.2) is 84.9 Å². The van der Waals surface area contributed by atoms with E-state index in [1.807, 2.05) is 66.8 Å². The molecule has 1 N–H and O–H groups in total. The number of alkyl halides is 3. The van der Waals surface area contributed by atoms with E-state index in [0.29, 0.717) is 45.8 Å². The molecule has 4 heterocycles. The fourth-order valence-electron chi connectivity index (χ4n) is 9.00. The lowest BCUT2D eigenvalue weighted by Gasteiger charge is -2.33. The first-order valence-electron chi connectivity index (χ1n) is 19.0. The normalized spacial score (nSPS) is 22.8. The number of imide groups is 1. The van der Waals surface area contributed by atoms with E-state index in [1.165, 1.54) is 11.0 Å². The Morgan fingerprint density at radius 3 is 2.38 bits per heavy atom. The maximum absolute atomic E-state index is 14.8. The highest BCUT2D eigenvalue weighted by Crippen LogP contribution is 2.56. The van der Waals surface area contributed by atoms with Gasteiger partial charge in [-0.3, -0.25) is 24.3 Å². The van der Waals surface area contributed by atoms with Gasteiger partial charge in [-0.25, -0.2) is 4.79 Å². The number of anilines is 2. The number of hydrogen-bond acceptors (Lipinski definition) is 8. The molecule has 4 amide bonds. The van der Waals surface area contributed by atoms with E-state index in [9.17, 15) is 27.6 Å². The Balaban J connectivity index is 1.09. The lowest BCUT2D eigenvalue weighted by Crippen LogP contribution is -2.51. The summed E-state index contributed by atoms with van der Waals surface area (Å²) in [7, 11) is 4.01. The molecule has 4 saturated heterocycles. The number of hydrogen-bond donors (Lipinski definition) is 1. The van der Waals surface area contributed by atoms with Crippen molar-refractivity contribution in [1.82, 2.24) is 19.6 Å². The third-order valence-electron chi connectivity index (χ3n) is 11.6. The number of fused-ring (bicyclic) bond motifs is 1. The Kier molecular flexibility index (Phi) is 10.1. The average molecular weight is 771 g/mol. The zero-order chi connectivity index (χ0) is 39.2. The minimum Gasteiger partial charge on any atom is -0.487 e. The fourth-order valence-corrected chi connectivity index (χ4v) is 9.00. The molecule has 0 aliphatic carbocycles. The SMILES string of the molecule is CN(C)c1ccc([C@H]2C[C@@H]3CN(Cc4ccc(NC(=O)C(F)(F)F)c(OCc5ccccc5)c4)C[C@@]34C(=O)N(CCN3CCOCC3)C(=O)N24)c2ccccc12. The summed E-state index contributed by atoms with van der Waals surface area (Å²) in [6, 6.07) is 25.7. The van der Waals surface area contributed by atoms with Gasteiger partial charge in [0.25, 0.3) is 5.91 Å². The second kappa shape index (κ2) is 15.1. The van der Waals surface area contributed by atoms with Crippen molar-refractivity contribution >= 4 is 40.0 Å². The molecular formula is C42H45F3N6O5. The van der Waals surface area contributed by atoms with Crippen molar-refractivity contribution in [3.63, 3.8) is 0 Å². The van der Waals surface area contributed by atoms with Crippen molar-refractivity contribution in [3.05, 3.63) is 102 Å². The number of urea groups is 1. The highest BCUT2D eigenvalue weighted by Gasteiger charge is 2.70. The first kappa shape index (κ1) is 37.7. The van der Waals surface area contributed by atoms with Crippen LogP contribution in [0.4, 0.5) is 29.3 Å². The molecule has 11 nitrogen and oxygen atoms in total. The van der Waals surface area contributed by atoms with Gasteiger partial charge in [0.15, 0.2) is 0 Å². The molecule has 0 bridgehead atoms. The van der Waals surface area contributed by atoms with Gasteiger partial charge in [0.1, 0.15) is 17.9 Å². The van der Waals surface area contributed by atoms with Crippen LogP contribution in [0, 0.1) is 5.92 Å². The Morgan fingerprint density at radius 2 is 1.64 bits per heavy atom. The number of nitrogens with one attached hydrogen (secondary N) is 1. The highest BCUT2D eigenvalue weighted by molar-refractivity contribution is 6.09. The van der Waals surface area contributed by atoms with E-state index in [1.54, 1.807) is 12.1 Å². The number of morpholine rings is 1. The minimum atomic E-state index is -5.08. The van der Waals surface area contributed by atoms with Gasteiger partial charge in [-0.15, -0.1) is 0 Å². The predicted molar refractivity (Wildman–Crippen MR) is 205 cm³/mol. The number of rotatable bonds is 11. The van der Waals surface area contributed by atoms with Crippen LogP contribution < -0.4 is 15.0 Å². The zero-order valence-corrected chi connectivity index (χ0v) is 31.4. The summed E-state index contributed by atoms with van der Waals surface area (Å²) in [5.41, 5.74) is 2.43. The number of ether oxygens (including phenoxy) is 2. The average Bonchev–Trinajstić information content (AvgIpc) is 3.77. The maximum atomic E-state index is 14.8. The zero-order valence-electron chi connectivity index (χ0n) is 31.4. The van der Waals surface area contributed by atoms with Crippen molar-refractivity contribution in [1.29, 1.82) is 0 Å². The summed E-state index contributed by atoms with van der Waals surface area (Å²) in [6.07, 6.45) is -4.47. The molecule has 294 valence electrons. The number of halogens is 3. The second-order valence-electron chi connectivity index (χ2n) is 15.3. The van der Waals surface area contributed by atoms with Crippen molar-refractivity contribution < 1.29 is 37.0 Å². The molecule has 4 aliphatic heterocycles. The molecule has 4 aromatic carbocycles. The van der Waals surface area contributed by atoms with E-state index >= 15 is 0 Å². The van der Waals surface area contributed by atoms with Gasteiger partial charge >= 0.3 is 18.1 Å². The molecule has 3 atom stereocenters. The van der Waals surface area contributed by atoms with Crippen molar-refractivity contribution in [2.75, 3.05) is 76.8 Å². The quantitative estimate of drug-likeness (QED) is 0.189. The summed E-state index contributed by atoms with van der Waals surface area (Å²) < 4.78 is 51.3. The maximum Gasteiger partial charge on any atom is 0.471 e. The van der Waals surface area contributed by atoms with E-state index in [4.69, 9.17) is 9.47 Å². The Labute approximate surface area is 323 Å². The number of carbonyl (C=O) groups is 3. The molecule has 0 aromatic heterocycles. The van der Waals surface area contributed by atoms with Gasteiger partial charge in [-0.05, 0) is 46.7 Å². The predicted octanol–water partition coefficient (Wildman–Crippen LogP) is 5.90. The van der Waals surface area contributed by atoms with Gasteiger partial charge in [-0.1, -0.05) is 66.7 Å². The van der Waals surface area contributed by atoms with Crippen LogP contribution in [0.1, 0.15) is 29.2 Å². The number of likely N-dealkylation sites (tertiary alicyclic amines) is 1. The molecule has 4 aliphatic rings. The molecule has 14 heteroatoms. The molecule has 0 saturated carbocycles. The summed E-state index contributed by atoms with van der Waals surface area (Å²) >= 11 is 0. The number of carbonyl (C=O) groups excluding carboxylic acids is 3. The van der Waals surface area contributed by atoms with Gasteiger partial charge in [0.2, 0.25) is 0 Å². The minimum absolute atomic E-state index is 0.0749. The van der Waals surface area contributed by atoms with E-state index in [2.05, 4.69) is 39.0 Å². The number of benzene rings is 4. The number of nitrogens with zero attached hydrogens (tertiary/aromatic N) is 5. The second-order valence-corrected chi connectivity index (χ2v) is 15.3. The summed E-state index contributed by atoms with van der Waals surface area (Å²) in [4.78, 5) is 51.1. The van der Waals surface area contributed by atoms with Crippen molar-refractivity contribution in [2.24, 2.45) is 5.92 Å². The van der Waals surface area contributed by atoms with Crippen LogP contribution in [0.3, 0.4) is 0 Å². The summed E-state index contributed by atoms with van der Waals surface area (Å²) in [5, 5.41) is 4.07. The van der Waals surface area contributed by atoms with Gasteiger partial charge in [0, 0.05) is 76.9 Å². The fraction of sp³-hybridized carbons (Fsp3) is 0.405. The molecule has 4 fully saturated rings. The van der Waals surface area contributed by atoms with Crippen LogP contribution >= 0.6 is 0 Å². The largest absolute Gasteiger partial charge is 0.487 e. The van der Waals surface area contributed by atoms with Gasteiger partial charge < -0.3 is 24.6 Å².